The van der Waals surface area contributed by atoms with Gasteiger partial charge in [-0.25, -0.2) is 29.9 Å². The topological polar surface area (TPSA) is 257 Å². The van der Waals surface area contributed by atoms with E-state index < -0.39 is 0 Å². The molecule has 6 aromatic heterocycles. The molecule has 21 heteroatoms. The van der Waals surface area contributed by atoms with Crippen molar-refractivity contribution in [2.45, 2.75) is 94.5 Å². The van der Waals surface area contributed by atoms with Crippen LogP contribution in [0, 0.1) is 29.6 Å². The molecule has 3 aliphatic carbocycles. The van der Waals surface area contributed by atoms with Crippen molar-refractivity contribution < 1.29 is 28.6 Å². The molecule has 0 radical (unpaired) electrons. The number of carbonyl (C=O) groups excluding carboxylic acids is 3. The number of carbonyl (C=O) groups is 3. The van der Waals surface area contributed by atoms with Crippen LogP contribution in [0.1, 0.15) is 93.9 Å². The van der Waals surface area contributed by atoms with Gasteiger partial charge in [0.05, 0.1) is 18.1 Å². The number of hydrogen-bond donors (Lipinski definition) is 3. The van der Waals surface area contributed by atoms with Crippen LogP contribution < -0.4 is 31.4 Å². The van der Waals surface area contributed by atoms with Crippen LogP contribution in [-0.4, -0.2) is 93.7 Å². The fourth-order valence-electron chi connectivity index (χ4n) is 16.1. The molecule has 102 heavy (non-hydrogen) atoms. The molecule has 21 nitrogen and oxygen atoms in total. The van der Waals surface area contributed by atoms with E-state index in [0.29, 0.717) is 35.2 Å². The zero-order valence-electron chi connectivity index (χ0n) is 56.0. The minimum absolute atomic E-state index is 0.0417. The predicted molar refractivity (Wildman–Crippen MR) is 389 cm³/mol. The zero-order valence-corrected chi connectivity index (χ0v) is 56.0. The number of nitrogen functional groups attached to an aromatic ring is 3. The number of aromatic nitrogens is 9. The highest BCUT2D eigenvalue weighted by molar-refractivity contribution is 5.95. The quantitative estimate of drug-likeness (QED) is 0.0675. The number of piperidine rings is 3. The van der Waals surface area contributed by atoms with Crippen LogP contribution in [-0.2, 0) is 14.4 Å². The first kappa shape index (κ1) is 64.1. The lowest BCUT2D eigenvalue weighted by molar-refractivity contribution is -0.131. The van der Waals surface area contributed by atoms with E-state index in [1.165, 1.54) is 12.2 Å². The van der Waals surface area contributed by atoms with E-state index in [2.05, 4.69) is 40.0 Å². The summed E-state index contributed by atoms with van der Waals surface area (Å²) in [6, 6.07) is 52.7. The number of hydrogen-bond acceptors (Lipinski definition) is 15. The third-order valence-electron chi connectivity index (χ3n) is 20.6. The zero-order chi connectivity index (χ0) is 69.7. The molecule has 6 aliphatic rings. The minimum Gasteiger partial charge on any atom is -0.457 e. The molecular formula is C81H73N15O6. The summed E-state index contributed by atoms with van der Waals surface area (Å²) in [6.45, 7) is 9.11. The molecule has 3 aliphatic heterocycles. The first-order valence-corrected chi connectivity index (χ1v) is 34.4. The molecule has 508 valence electrons. The van der Waals surface area contributed by atoms with Gasteiger partial charge in [-0.2, -0.15) is 0 Å². The smallest absolute Gasteiger partial charge is 0.299 e. The van der Waals surface area contributed by atoms with Gasteiger partial charge < -0.3 is 46.1 Å². The molecular weight excluding hydrogens is 1280 g/mol. The number of nitrogens with zero attached hydrogens (tertiary/aromatic N) is 12. The molecule has 12 aromatic rings. The Hall–Kier alpha value is -12.6. The SMILES string of the molecule is C=CC(=O)N1C(c2nc(-c3ccc(Oc4ccccc4)cc3)c3c(N)nccn23)CC2CC21.C=CC(=O)N1C2CC[C@@H](C2)C1c1nc(-c2ccc(Oc3ccccc3)cc2)c2c(N)nccn12.CC#CC(=O)N1C(c2nc(-c3ccc(Oc4ccccc4)cc3)c3c(N)nccn23)[C@H]2CC[C@@H]1C2. The maximum absolute atomic E-state index is 13.0. The van der Waals surface area contributed by atoms with Crippen LogP contribution in [0.4, 0.5) is 17.5 Å². The van der Waals surface area contributed by atoms with Gasteiger partial charge in [0, 0.05) is 72.0 Å². The van der Waals surface area contributed by atoms with E-state index in [-0.39, 0.29) is 54.0 Å². The van der Waals surface area contributed by atoms with Gasteiger partial charge in [-0.1, -0.05) is 73.7 Å². The number of fused-ring (bicyclic) bond motifs is 8. The molecule has 9 heterocycles. The number of likely N-dealkylation sites (tertiary alicyclic amines) is 3. The molecule has 18 rings (SSSR count). The van der Waals surface area contributed by atoms with E-state index >= 15 is 0 Å². The third kappa shape index (κ3) is 11.9. The number of nitrogens with two attached hydrogens (primary N) is 3. The number of anilines is 3. The summed E-state index contributed by atoms with van der Waals surface area (Å²) in [5.41, 5.74) is 26.2. The standard InChI is InChI=1S/C28H25N5O2.C27H25N5O2.C26H23N5O2/c1-2-6-23(34)33-20-12-9-19(17-20)25(33)28-31-24(26-27(29)30-15-16-32(26)28)18-10-13-22(14-11-18)35-21-7-4-3-5-8-21;1-2-22(33)32-19-11-8-18(16-19)24(32)27-30-23(25-26(28)29-14-15-31(25)27)17-9-12-21(13-10-17)34-20-6-4-3-5-7-20;1-2-22(32)31-20-14-17(20)15-21(31)26-29-23(24-25(27)28-12-13-30(24)26)16-8-10-19(11-9-16)33-18-6-4-3-5-7-18/h3-5,7-8,10-11,13-16,19-20,25H,9,12,17H2,1H3,(H2,29,30);2-7,9-10,12-15,18-19,24H,1,8,11,16H2,(H2,28,29);2-13,17,20-21H,1,14-15H2,(H2,27,28)/t19-,20+,25?;18-,19?,24?;/m00./s1. The normalized spacial score (nSPS) is 21.0. The maximum Gasteiger partial charge on any atom is 0.299 e. The Balaban J connectivity index is 0.000000118. The molecule has 3 amide bonds. The molecule has 3 saturated heterocycles. The summed E-state index contributed by atoms with van der Waals surface area (Å²) in [5.74, 6) is 14.8. The van der Waals surface area contributed by atoms with Crippen molar-refractivity contribution in [2.24, 2.45) is 17.8 Å². The number of benzene rings is 6. The first-order valence-electron chi connectivity index (χ1n) is 34.4. The lowest BCUT2D eigenvalue weighted by atomic mass is 9.97. The van der Waals surface area contributed by atoms with Crippen molar-refractivity contribution >= 4 is 51.7 Å². The van der Waals surface area contributed by atoms with E-state index in [4.69, 9.17) is 46.4 Å². The molecule has 3 saturated carbocycles. The highest BCUT2D eigenvalue weighted by atomic mass is 16.5. The number of imidazole rings is 3. The summed E-state index contributed by atoms with van der Waals surface area (Å²) in [6.07, 6.45) is 21.6. The Kier molecular flexibility index (Phi) is 16.9. The predicted octanol–water partition coefficient (Wildman–Crippen LogP) is 14.5. The lowest BCUT2D eigenvalue weighted by Gasteiger charge is -2.33. The van der Waals surface area contributed by atoms with Gasteiger partial charge in [-0.05, 0) is 203 Å². The van der Waals surface area contributed by atoms with Crippen molar-refractivity contribution in [3.63, 3.8) is 0 Å². The van der Waals surface area contributed by atoms with E-state index in [1.807, 2.05) is 210 Å². The fraction of sp³-hybridized carbons (Fsp3) is 0.222. The van der Waals surface area contributed by atoms with Gasteiger partial charge in [0.15, 0.2) is 0 Å². The van der Waals surface area contributed by atoms with Crippen molar-refractivity contribution in [2.75, 3.05) is 17.2 Å². The van der Waals surface area contributed by atoms with Gasteiger partial charge in [-0.3, -0.25) is 27.6 Å². The summed E-state index contributed by atoms with van der Waals surface area (Å²) >= 11 is 0. The lowest BCUT2D eigenvalue weighted by Crippen LogP contribution is -2.40. The molecule has 9 atom stereocenters. The van der Waals surface area contributed by atoms with Gasteiger partial charge in [0.25, 0.3) is 5.91 Å². The second-order valence-electron chi connectivity index (χ2n) is 26.5. The Bertz CT molecular complexity index is 5250. The average Bonchev–Trinajstić information content (AvgIpc) is 1.58. The van der Waals surface area contributed by atoms with Crippen LogP contribution >= 0.6 is 0 Å². The van der Waals surface area contributed by atoms with Crippen LogP contribution in [0.2, 0.25) is 0 Å². The van der Waals surface area contributed by atoms with Gasteiger partial charge >= 0.3 is 0 Å². The highest BCUT2D eigenvalue weighted by Crippen LogP contribution is 2.55. The summed E-state index contributed by atoms with van der Waals surface area (Å²) in [4.78, 5) is 72.3. The summed E-state index contributed by atoms with van der Waals surface area (Å²) in [7, 11) is 0. The van der Waals surface area contributed by atoms with Gasteiger partial charge in [-0.15, -0.1) is 0 Å². The van der Waals surface area contributed by atoms with Crippen LogP contribution in [0.3, 0.4) is 0 Å². The van der Waals surface area contributed by atoms with Gasteiger partial charge in [0.2, 0.25) is 11.8 Å². The van der Waals surface area contributed by atoms with Crippen molar-refractivity contribution in [3.05, 3.63) is 244 Å². The van der Waals surface area contributed by atoms with Crippen molar-refractivity contribution in [1.82, 2.24) is 57.8 Å². The van der Waals surface area contributed by atoms with E-state index in [9.17, 15) is 14.4 Å². The maximum atomic E-state index is 13.0. The second kappa shape index (κ2) is 26.9. The molecule has 6 fully saturated rings. The van der Waals surface area contributed by atoms with Gasteiger partial charge in [0.1, 0.15) is 103 Å². The molecule has 6 aromatic carbocycles. The van der Waals surface area contributed by atoms with Crippen LogP contribution in [0.15, 0.2) is 226 Å². The third-order valence-corrected chi connectivity index (χ3v) is 20.6. The Labute approximate surface area is 588 Å². The largest absolute Gasteiger partial charge is 0.457 e. The molecule has 0 spiro atoms. The Morgan fingerprint density at radius 3 is 1.21 bits per heavy atom. The Morgan fingerprint density at radius 2 is 0.804 bits per heavy atom. The van der Waals surface area contributed by atoms with Crippen molar-refractivity contribution in [3.8, 4) is 80.1 Å². The number of amides is 3. The minimum atomic E-state index is -0.133. The molecule has 4 bridgehead atoms. The van der Waals surface area contributed by atoms with E-state index in [1.54, 1.807) is 25.5 Å². The Morgan fingerprint density at radius 1 is 0.441 bits per heavy atom. The fourth-order valence-corrected chi connectivity index (χ4v) is 16.1. The number of ether oxygens (including phenoxy) is 3. The highest BCUT2D eigenvalue weighted by Gasteiger charge is 2.55. The van der Waals surface area contributed by atoms with E-state index in [0.717, 1.165) is 154 Å². The second-order valence-corrected chi connectivity index (χ2v) is 26.5. The number of para-hydroxylation sites is 3. The monoisotopic (exact) mass is 1350 g/mol. The first-order chi connectivity index (χ1) is 49.9. The average molecular weight is 1350 g/mol. The summed E-state index contributed by atoms with van der Waals surface area (Å²) in [5, 5.41) is 0. The molecule has 6 N–H and O–H groups in total. The van der Waals surface area contributed by atoms with Crippen LogP contribution in [0.25, 0.3) is 50.3 Å². The number of rotatable bonds is 14. The van der Waals surface area contributed by atoms with Crippen LogP contribution in [0.5, 0.6) is 34.5 Å². The van der Waals surface area contributed by atoms with Crippen molar-refractivity contribution in [1.29, 1.82) is 0 Å². The molecule has 6 unspecified atom stereocenters. The summed E-state index contributed by atoms with van der Waals surface area (Å²) < 4.78 is 23.8.